The fourth-order valence-corrected chi connectivity index (χ4v) is 3.67. The first-order valence-corrected chi connectivity index (χ1v) is 7.96. The van der Waals surface area contributed by atoms with Crippen LogP contribution in [-0.2, 0) is 22.1 Å². The lowest BCUT2D eigenvalue weighted by atomic mass is 10.1. The second-order valence-corrected chi connectivity index (χ2v) is 6.49. The molecule has 0 fully saturated rings. The van der Waals surface area contributed by atoms with Gasteiger partial charge in [-0.25, -0.2) is 12.8 Å². The van der Waals surface area contributed by atoms with Crippen molar-refractivity contribution in [1.82, 2.24) is 0 Å². The average Bonchev–Trinajstić information content (AvgIpc) is 2.48. The molecule has 0 aliphatic rings. The summed E-state index contributed by atoms with van der Waals surface area (Å²) in [7, 11) is -2.19. The highest BCUT2D eigenvalue weighted by molar-refractivity contribution is 7.90. The van der Waals surface area contributed by atoms with Gasteiger partial charge in [-0.2, -0.15) is 0 Å². The molecule has 0 heterocycles. The van der Waals surface area contributed by atoms with E-state index in [4.69, 9.17) is 10.5 Å². The molecule has 0 radical (unpaired) electrons. The normalized spacial score (nSPS) is 11.4. The number of nitrogens with two attached hydrogens (primary N) is 1. The smallest absolute Gasteiger partial charge is 0.186 e. The lowest BCUT2D eigenvalue weighted by Crippen LogP contribution is -2.10. The summed E-state index contributed by atoms with van der Waals surface area (Å²) >= 11 is 0. The van der Waals surface area contributed by atoms with E-state index in [0.717, 1.165) is 0 Å². The van der Waals surface area contributed by atoms with Crippen LogP contribution >= 0.6 is 0 Å². The van der Waals surface area contributed by atoms with Crippen LogP contribution in [0.2, 0.25) is 0 Å². The largest absolute Gasteiger partial charge is 0.495 e. The molecule has 2 aromatic rings. The Morgan fingerprint density at radius 2 is 1.86 bits per heavy atom. The second kappa shape index (κ2) is 6.24. The van der Waals surface area contributed by atoms with Gasteiger partial charge in [-0.1, -0.05) is 18.2 Å². The molecule has 4 nitrogen and oxygen atoms in total. The Morgan fingerprint density at radius 3 is 2.52 bits per heavy atom. The van der Waals surface area contributed by atoms with Gasteiger partial charge in [0.25, 0.3) is 0 Å². The number of hydrogen-bond donors (Lipinski definition) is 1. The molecule has 0 atom stereocenters. The molecule has 2 aromatic carbocycles. The Hall–Kier alpha value is -1.92. The average molecular weight is 309 g/mol. The van der Waals surface area contributed by atoms with Crippen molar-refractivity contribution in [3.05, 3.63) is 59.4 Å². The van der Waals surface area contributed by atoms with Crippen molar-refractivity contribution in [2.45, 2.75) is 17.2 Å². The zero-order valence-electron chi connectivity index (χ0n) is 11.5. The molecule has 0 aromatic heterocycles. The molecule has 0 spiro atoms. The summed E-state index contributed by atoms with van der Waals surface area (Å²) in [6.45, 7) is 0.0779. The van der Waals surface area contributed by atoms with Gasteiger partial charge in [-0.05, 0) is 35.4 Å². The Balaban J connectivity index is 2.42. The summed E-state index contributed by atoms with van der Waals surface area (Å²) in [5, 5.41) is 0. The van der Waals surface area contributed by atoms with E-state index in [9.17, 15) is 12.8 Å². The quantitative estimate of drug-likeness (QED) is 0.920. The fraction of sp³-hybridized carbons (Fsp3) is 0.200. The molecule has 21 heavy (non-hydrogen) atoms. The zero-order valence-corrected chi connectivity index (χ0v) is 12.4. The van der Waals surface area contributed by atoms with Gasteiger partial charge in [-0.15, -0.1) is 0 Å². The fourth-order valence-electron chi connectivity index (χ4n) is 2.08. The van der Waals surface area contributed by atoms with Crippen molar-refractivity contribution in [2.24, 2.45) is 5.73 Å². The highest BCUT2D eigenvalue weighted by Gasteiger charge is 2.21. The van der Waals surface area contributed by atoms with Crippen molar-refractivity contribution < 1.29 is 17.5 Å². The first-order valence-electron chi connectivity index (χ1n) is 6.31. The molecule has 6 heteroatoms. The molecule has 0 saturated carbocycles. The highest BCUT2D eigenvalue weighted by atomic mass is 32.2. The number of methoxy groups -OCH3 is 1. The van der Waals surface area contributed by atoms with Crippen molar-refractivity contribution in [1.29, 1.82) is 0 Å². The lowest BCUT2D eigenvalue weighted by Gasteiger charge is -2.11. The van der Waals surface area contributed by atoms with Crippen LogP contribution in [0.4, 0.5) is 4.39 Å². The number of halogens is 1. The molecule has 0 unspecified atom stereocenters. The van der Waals surface area contributed by atoms with Crippen LogP contribution < -0.4 is 10.5 Å². The number of para-hydroxylation sites is 1. The van der Waals surface area contributed by atoms with E-state index in [1.54, 1.807) is 18.2 Å². The van der Waals surface area contributed by atoms with Crippen molar-refractivity contribution in [3.63, 3.8) is 0 Å². The molecule has 112 valence electrons. The molecule has 2 rings (SSSR count). The van der Waals surface area contributed by atoms with Crippen LogP contribution in [-0.4, -0.2) is 15.5 Å². The first-order chi connectivity index (χ1) is 9.97. The summed E-state index contributed by atoms with van der Waals surface area (Å²) in [6, 6.07) is 10.3. The molecule has 0 amide bonds. The number of hydrogen-bond acceptors (Lipinski definition) is 4. The third-order valence-corrected chi connectivity index (χ3v) is 4.84. The molecule has 0 bridgehead atoms. The van der Waals surface area contributed by atoms with E-state index < -0.39 is 15.7 Å². The molecular formula is C15H16FNO3S. The van der Waals surface area contributed by atoms with E-state index in [1.807, 2.05) is 0 Å². The Kier molecular flexibility index (Phi) is 4.59. The summed E-state index contributed by atoms with van der Waals surface area (Å²) in [5.41, 5.74) is 6.52. The van der Waals surface area contributed by atoms with Crippen LogP contribution in [0.15, 0.2) is 47.4 Å². The van der Waals surface area contributed by atoms with Gasteiger partial charge in [-0.3, -0.25) is 0 Å². The van der Waals surface area contributed by atoms with Gasteiger partial charge in [0, 0.05) is 6.54 Å². The van der Waals surface area contributed by atoms with Gasteiger partial charge in [0.2, 0.25) is 0 Å². The Morgan fingerprint density at radius 1 is 1.14 bits per heavy atom. The van der Waals surface area contributed by atoms with Gasteiger partial charge in [0.05, 0.1) is 12.9 Å². The standard InChI is InChI=1S/C15H16FNO3S/c1-20-14-4-2-3-5-15(14)21(18,19)10-11-6-7-13(16)8-12(11)9-17/h2-8H,9-10,17H2,1H3. The van der Waals surface area contributed by atoms with Crippen LogP contribution in [0.1, 0.15) is 11.1 Å². The lowest BCUT2D eigenvalue weighted by molar-refractivity contribution is 0.402. The summed E-state index contributed by atoms with van der Waals surface area (Å²) < 4.78 is 43.3. The van der Waals surface area contributed by atoms with Gasteiger partial charge < -0.3 is 10.5 Å². The van der Waals surface area contributed by atoms with Crippen LogP contribution in [0.25, 0.3) is 0 Å². The number of rotatable bonds is 5. The van der Waals surface area contributed by atoms with Crippen LogP contribution in [0.5, 0.6) is 5.75 Å². The SMILES string of the molecule is COc1ccccc1S(=O)(=O)Cc1ccc(F)cc1CN. The van der Waals surface area contributed by atoms with E-state index in [0.29, 0.717) is 11.1 Å². The Labute approximate surface area is 123 Å². The van der Waals surface area contributed by atoms with Crippen molar-refractivity contribution >= 4 is 9.84 Å². The van der Waals surface area contributed by atoms with Crippen molar-refractivity contribution in [3.8, 4) is 5.75 Å². The third-order valence-electron chi connectivity index (χ3n) is 3.14. The van der Waals surface area contributed by atoms with Crippen LogP contribution in [0.3, 0.4) is 0 Å². The summed E-state index contributed by atoms with van der Waals surface area (Å²) in [6.07, 6.45) is 0. The molecule has 0 aliphatic carbocycles. The number of ether oxygens (including phenoxy) is 1. The van der Waals surface area contributed by atoms with E-state index >= 15 is 0 Å². The zero-order chi connectivity index (χ0) is 15.5. The Bertz CT molecular complexity index is 744. The van der Waals surface area contributed by atoms with Crippen LogP contribution in [0, 0.1) is 5.82 Å². The van der Waals surface area contributed by atoms with E-state index in [1.165, 1.54) is 31.4 Å². The summed E-state index contributed by atoms with van der Waals surface area (Å²) in [5.74, 6) is -0.400. The second-order valence-electron chi connectivity index (χ2n) is 4.53. The summed E-state index contributed by atoms with van der Waals surface area (Å²) in [4.78, 5) is 0.111. The molecule has 2 N–H and O–H groups in total. The van der Waals surface area contributed by atoms with Crippen molar-refractivity contribution in [2.75, 3.05) is 7.11 Å². The first kappa shape index (κ1) is 15.5. The highest BCUT2D eigenvalue weighted by Crippen LogP contribution is 2.27. The molecular weight excluding hydrogens is 293 g/mol. The molecule has 0 saturated heterocycles. The molecule has 0 aliphatic heterocycles. The minimum absolute atomic E-state index is 0.0779. The maximum Gasteiger partial charge on any atom is 0.186 e. The van der Waals surface area contributed by atoms with Gasteiger partial charge in [0.15, 0.2) is 9.84 Å². The van der Waals surface area contributed by atoms with Gasteiger partial charge in [0.1, 0.15) is 16.5 Å². The van der Waals surface area contributed by atoms with E-state index in [2.05, 4.69) is 0 Å². The maximum atomic E-state index is 13.2. The predicted octanol–water partition coefficient (Wildman–Crippen LogP) is 2.27. The topological polar surface area (TPSA) is 69.4 Å². The minimum atomic E-state index is -3.60. The van der Waals surface area contributed by atoms with E-state index in [-0.39, 0.29) is 22.9 Å². The number of benzene rings is 2. The predicted molar refractivity (Wildman–Crippen MR) is 78.2 cm³/mol. The van der Waals surface area contributed by atoms with Gasteiger partial charge >= 0.3 is 0 Å². The minimum Gasteiger partial charge on any atom is -0.495 e. The monoisotopic (exact) mass is 309 g/mol. The third kappa shape index (κ3) is 3.40. The number of sulfone groups is 1. The maximum absolute atomic E-state index is 13.2.